The van der Waals surface area contributed by atoms with Crippen LogP contribution in [0.5, 0.6) is 46.0 Å². The van der Waals surface area contributed by atoms with Crippen molar-refractivity contribution in [2.75, 3.05) is 7.11 Å². The molecule has 30 heavy (non-hydrogen) atoms. The lowest BCUT2D eigenvalue weighted by Crippen LogP contribution is -2.03. The van der Waals surface area contributed by atoms with Gasteiger partial charge in [-0.3, -0.25) is 0 Å². The van der Waals surface area contributed by atoms with Crippen molar-refractivity contribution < 1.29 is 59.3 Å². The number of ether oxygens (including phenoxy) is 1. The summed E-state index contributed by atoms with van der Waals surface area (Å²) in [6.45, 7) is 0. The largest absolute Gasteiger partial charge is 0.506 e. The molecule has 3 aromatic rings. The number of hydrogen-bond acceptors (Lipinski definition) is 13. The van der Waals surface area contributed by atoms with Gasteiger partial charge in [0, 0.05) is 0 Å². The quantitative estimate of drug-likeness (QED) is 0.166. The Bertz CT molecular complexity index is 1180. The second-order valence-electron chi connectivity index (χ2n) is 5.64. The van der Waals surface area contributed by atoms with E-state index in [0.717, 1.165) is 7.11 Å². The number of aromatic nitrogens is 2. The fraction of sp³-hybridized carbons (Fsp3) is 0.0625. The normalized spacial score (nSPS) is 10.9. The van der Waals surface area contributed by atoms with Crippen LogP contribution in [0.1, 0.15) is 10.4 Å². The van der Waals surface area contributed by atoms with Gasteiger partial charge >= 0.3 is 5.97 Å². The fourth-order valence-electron chi connectivity index (χ4n) is 2.50. The molecule has 158 valence electrons. The Balaban J connectivity index is 2.27. The van der Waals surface area contributed by atoms with E-state index in [1.807, 2.05) is 0 Å². The Morgan fingerprint density at radius 2 is 1.33 bits per heavy atom. The topological polar surface area (TPSA) is 227 Å². The molecular weight excluding hydrogens is 415 g/mol. The minimum Gasteiger partial charge on any atom is -0.506 e. The molecule has 0 aliphatic heterocycles. The standard InChI is InChI=1S/C16H11FN2O11/c1-29-16(28)4-6(20)3(8(22)11(25)9(4)23)14-18-15(30-19-14)2-5(17)10(24)13(27)12(26)7(2)21/h20-27H,1H3. The van der Waals surface area contributed by atoms with E-state index in [1.165, 1.54) is 0 Å². The number of nitrogens with zero attached hydrogens (tertiary/aromatic N) is 2. The van der Waals surface area contributed by atoms with Gasteiger partial charge in [0.25, 0.3) is 5.89 Å². The van der Waals surface area contributed by atoms with Gasteiger partial charge in [-0.25, -0.2) is 9.18 Å². The summed E-state index contributed by atoms with van der Waals surface area (Å²) in [5.74, 6) is -15.0. The SMILES string of the molecule is COC(=O)c1c(O)c(O)c(O)c(-c2noc(-c3c(O)c(O)c(O)c(O)c3F)n2)c1O. The average Bonchev–Trinajstić information content (AvgIpc) is 3.18. The van der Waals surface area contributed by atoms with Gasteiger partial charge in [-0.15, -0.1) is 0 Å². The fourth-order valence-corrected chi connectivity index (χ4v) is 2.50. The number of hydrogen-bond donors (Lipinski definition) is 8. The maximum absolute atomic E-state index is 14.3. The zero-order valence-corrected chi connectivity index (χ0v) is 14.6. The van der Waals surface area contributed by atoms with Crippen molar-refractivity contribution in [3.63, 3.8) is 0 Å². The molecule has 0 amide bonds. The van der Waals surface area contributed by atoms with Gasteiger partial charge in [0.2, 0.25) is 23.1 Å². The Hall–Kier alpha value is -4.62. The van der Waals surface area contributed by atoms with E-state index in [9.17, 15) is 50.0 Å². The first-order valence-electron chi connectivity index (χ1n) is 7.60. The summed E-state index contributed by atoms with van der Waals surface area (Å²) in [4.78, 5) is 15.3. The van der Waals surface area contributed by atoms with Gasteiger partial charge in [0.1, 0.15) is 22.4 Å². The molecule has 0 fully saturated rings. The van der Waals surface area contributed by atoms with Crippen LogP contribution in [0.4, 0.5) is 4.39 Å². The Labute approximate surface area is 163 Å². The third-order valence-corrected chi connectivity index (χ3v) is 3.99. The predicted octanol–water partition coefficient (Wildman–Crippen LogP) is 0.974. The second-order valence-corrected chi connectivity index (χ2v) is 5.64. The van der Waals surface area contributed by atoms with Crippen molar-refractivity contribution in [1.29, 1.82) is 0 Å². The second kappa shape index (κ2) is 6.77. The summed E-state index contributed by atoms with van der Waals surface area (Å²) in [5.41, 5.74) is -2.88. The lowest BCUT2D eigenvalue weighted by molar-refractivity contribution is 0.0593. The molecule has 14 heteroatoms. The van der Waals surface area contributed by atoms with E-state index in [2.05, 4.69) is 19.4 Å². The highest BCUT2D eigenvalue weighted by molar-refractivity contribution is 6.00. The number of benzene rings is 2. The molecular formula is C16H11FN2O11. The lowest BCUT2D eigenvalue weighted by Gasteiger charge is -2.12. The number of methoxy groups -OCH3 is 1. The molecule has 1 aromatic heterocycles. The van der Waals surface area contributed by atoms with Gasteiger partial charge in [-0.05, 0) is 0 Å². The molecule has 1 heterocycles. The van der Waals surface area contributed by atoms with Crippen molar-refractivity contribution in [2.24, 2.45) is 0 Å². The highest BCUT2D eigenvalue weighted by atomic mass is 19.1. The molecule has 0 atom stereocenters. The average molecular weight is 426 g/mol. The summed E-state index contributed by atoms with van der Waals surface area (Å²) in [6, 6.07) is 0. The smallest absolute Gasteiger partial charge is 0.345 e. The van der Waals surface area contributed by atoms with E-state index < -0.39 is 86.2 Å². The van der Waals surface area contributed by atoms with Crippen LogP contribution >= 0.6 is 0 Å². The zero-order chi connectivity index (χ0) is 22.5. The Kier molecular flexibility index (Phi) is 4.54. The van der Waals surface area contributed by atoms with Crippen LogP contribution in [0, 0.1) is 5.82 Å². The molecule has 0 saturated heterocycles. The van der Waals surface area contributed by atoms with Gasteiger partial charge in [-0.2, -0.15) is 4.98 Å². The van der Waals surface area contributed by atoms with Crippen molar-refractivity contribution in [2.45, 2.75) is 0 Å². The van der Waals surface area contributed by atoms with Crippen molar-refractivity contribution in [3.8, 4) is 68.8 Å². The van der Waals surface area contributed by atoms with Gasteiger partial charge in [0.05, 0.1) is 7.11 Å². The molecule has 0 spiro atoms. The number of aromatic hydroxyl groups is 8. The molecule has 0 aliphatic carbocycles. The predicted molar refractivity (Wildman–Crippen MR) is 89.8 cm³/mol. The van der Waals surface area contributed by atoms with Crippen LogP contribution in [0.25, 0.3) is 22.8 Å². The van der Waals surface area contributed by atoms with E-state index in [0.29, 0.717) is 0 Å². The molecule has 0 saturated carbocycles. The maximum Gasteiger partial charge on any atom is 0.345 e. The minimum atomic E-state index is -1.67. The summed E-state index contributed by atoms with van der Waals surface area (Å²) >= 11 is 0. The molecule has 3 rings (SSSR count). The Morgan fingerprint density at radius 3 is 1.93 bits per heavy atom. The van der Waals surface area contributed by atoms with Crippen LogP contribution in [0.2, 0.25) is 0 Å². The highest BCUT2D eigenvalue weighted by Crippen LogP contribution is 2.52. The van der Waals surface area contributed by atoms with Crippen molar-refractivity contribution in [3.05, 3.63) is 11.4 Å². The summed E-state index contributed by atoms with van der Waals surface area (Å²) in [7, 11) is 0.895. The third-order valence-electron chi connectivity index (χ3n) is 3.99. The van der Waals surface area contributed by atoms with Gasteiger partial charge in [0.15, 0.2) is 28.8 Å². The van der Waals surface area contributed by atoms with Crippen LogP contribution in [-0.2, 0) is 4.74 Å². The molecule has 0 aliphatic rings. The van der Waals surface area contributed by atoms with Crippen molar-refractivity contribution >= 4 is 5.97 Å². The van der Waals surface area contributed by atoms with Crippen LogP contribution < -0.4 is 0 Å². The first kappa shape index (κ1) is 20.1. The van der Waals surface area contributed by atoms with Crippen LogP contribution in [0.3, 0.4) is 0 Å². The van der Waals surface area contributed by atoms with Gasteiger partial charge in [-0.1, -0.05) is 5.16 Å². The van der Waals surface area contributed by atoms with Crippen molar-refractivity contribution in [1.82, 2.24) is 10.1 Å². The number of carbonyl (C=O) groups is 1. The molecule has 2 aromatic carbocycles. The first-order chi connectivity index (χ1) is 14.0. The monoisotopic (exact) mass is 426 g/mol. The third kappa shape index (κ3) is 2.66. The number of phenols is 8. The number of halogens is 1. The number of carbonyl (C=O) groups excluding carboxylic acids is 1. The van der Waals surface area contributed by atoms with Crippen LogP contribution in [0.15, 0.2) is 4.52 Å². The van der Waals surface area contributed by atoms with E-state index >= 15 is 0 Å². The number of rotatable bonds is 3. The molecule has 13 nitrogen and oxygen atoms in total. The minimum absolute atomic E-state index is 0.786. The number of phenolic OH excluding ortho intramolecular Hbond substituents is 8. The molecule has 0 bridgehead atoms. The number of esters is 1. The highest BCUT2D eigenvalue weighted by Gasteiger charge is 2.33. The first-order valence-corrected chi connectivity index (χ1v) is 7.60. The summed E-state index contributed by atoms with van der Waals surface area (Å²) < 4.78 is 23.3. The summed E-state index contributed by atoms with van der Waals surface area (Å²) in [5, 5.41) is 81.4. The molecule has 0 radical (unpaired) electrons. The van der Waals surface area contributed by atoms with Gasteiger partial charge < -0.3 is 50.1 Å². The maximum atomic E-state index is 14.3. The van der Waals surface area contributed by atoms with E-state index in [1.54, 1.807) is 0 Å². The van der Waals surface area contributed by atoms with E-state index in [4.69, 9.17) is 0 Å². The molecule has 8 N–H and O–H groups in total. The zero-order valence-electron chi connectivity index (χ0n) is 14.6. The van der Waals surface area contributed by atoms with E-state index in [-0.39, 0.29) is 0 Å². The Morgan fingerprint density at radius 1 is 0.800 bits per heavy atom. The van der Waals surface area contributed by atoms with Crippen LogP contribution in [-0.4, -0.2) is 64.1 Å². The lowest BCUT2D eigenvalue weighted by atomic mass is 10.0. The molecule has 0 unspecified atom stereocenters. The summed E-state index contributed by atoms with van der Waals surface area (Å²) in [6.07, 6.45) is 0.